The Kier molecular flexibility index (Phi) is 8.02. The number of halogens is 2. The van der Waals surface area contributed by atoms with Gasteiger partial charge in [0.25, 0.3) is 5.91 Å². The van der Waals surface area contributed by atoms with Crippen molar-refractivity contribution >= 4 is 48.0 Å². The van der Waals surface area contributed by atoms with Gasteiger partial charge < -0.3 is 16.0 Å². The van der Waals surface area contributed by atoms with Crippen LogP contribution in [0.5, 0.6) is 0 Å². The number of fused-ring (bicyclic) bond motifs is 1. The van der Waals surface area contributed by atoms with Gasteiger partial charge in [0, 0.05) is 35.9 Å². The number of nitrogens with one attached hydrogen (secondary N) is 3. The van der Waals surface area contributed by atoms with Gasteiger partial charge in [0.2, 0.25) is 5.91 Å². The Labute approximate surface area is 183 Å². The minimum atomic E-state index is -0.312. The number of anilines is 2. The van der Waals surface area contributed by atoms with E-state index < -0.39 is 0 Å². The van der Waals surface area contributed by atoms with Crippen molar-refractivity contribution in [3.05, 3.63) is 54.4 Å². The van der Waals surface area contributed by atoms with Gasteiger partial charge in [-0.1, -0.05) is 18.9 Å². The Bertz CT molecular complexity index is 850. The molecule has 2 heterocycles. The first-order valence-electron chi connectivity index (χ1n) is 9.51. The Morgan fingerprint density at radius 3 is 2.62 bits per heavy atom. The summed E-state index contributed by atoms with van der Waals surface area (Å²) in [5.74, 6) is 0.266. The van der Waals surface area contributed by atoms with Crippen LogP contribution in [0.1, 0.15) is 36.0 Å². The Morgan fingerprint density at radius 2 is 1.83 bits per heavy atom. The topological polar surface area (TPSA) is 83.1 Å². The van der Waals surface area contributed by atoms with Gasteiger partial charge >= 0.3 is 0 Å². The summed E-state index contributed by atoms with van der Waals surface area (Å²) in [6, 6.07) is 10.6. The first-order valence-corrected chi connectivity index (χ1v) is 9.51. The quantitative estimate of drug-likeness (QED) is 0.678. The fraction of sp³-hybridized carbons (Fsp3) is 0.381. The van der Waals surface area contributed by atoms with Gasteiger partial charge in [0.05, 0.1) is 5.41 Å². The van der Waals surface area contributed by atoms with E-state index in [1.807, 2.05) is 6.07 Å². The van der Waals surface area contributed by atoms with Crippen molar-refractivity contribution in [2.45, 2.75) is 25.7 Å². The normalized spacial score (nSPS) is 22.4. The monoisotopic (exact) mass is 436 g/mol. The van der Waals surface area contributed by atoms with Gasteiger partial charge in [-0.25, -0.2) is 0 Å². The number of carbonyl (C=O) groups is 2. The Hall–Kier alpha value is -2.15. The molecule has 8 heteroatoms. The smallest absolute Gasteiger partial charge is 0.255 e. The summed E-state index contributed by atoms with van der Waals surface area (Å²) in [6.45, 7) is 1.66. The number of benzene rings is 1. The third kappa shape index (κ3) is 4.89. The number of hydrogen-bond donors (Lipinski definition) is 3. The first-order chi connectivity index (χ1) is 13.2. The SMILES string of the molecule is Cl.Cl.O=C(Nc1ccncc1)c1cccc(NC(=O)[C@@]23CCCC[C@H]2CNC3)c1. The van der Waals surface area contributed by atoms with Crippen LogP contribution in [-0.2, 0) is 4.79 Å². The van der Waals surface area contributed by atoms with Crippen LogP contribution in [0.15, 0.2) is 48.8 Å². The molecule has 2 fully saturated rings. The predicted octanol–water partition coefficient (Wildman–Crippen LogP) is 3.90. The molecule has 3 N–H and O–H groups in total. The molecule has 1 aliphatic heterocycles. The van der Waals surface area contributed by atoms with Crippen molar-refractivity contribution in [3.63, 3.8) is 0 Å². The Morgan fingerprint density at radius 1 is 1.03 bits per heavy atom. The highest BCUT2D eigenvalue weighted by Gasteiger charge is 2.49. The fourth-order valence-electron chi connectivity index (χ4n) is 4.32. The molecule has 4 rings (SSSR count). The minimum Gasteiger partial charge on any atom is -0.326 e. The van der Waals surface area contributed by atoms with Gasteiger partial charge in [-0.05, 0) is 55.6 Å². The maximum absolute atomic E-state index is 13.1. The molecule has 1 aromatic carbocycles. The van der Waals surface area contributed by atoms with E-state index in [2.05, 4.69) is 20.9 Å². The molecule has 1 aromatic heterocycles. The van der Waals surface area contributed by atoms with Crippen LogP contribution < -0.4 is 16.0 Å². The van der Waals surface area contributed by atoms with Gasteiger partial charge in [-0.15, -0.1) is 24.8 Å². The van der Waals surface area contributed by atoms with Crippen LogP contribution in [0.2, 0.25) is 0 Å². The van der Waals surface area contributed by atoms with Crippen molar-refractivity contribution < 1.29 is 9.59 Å². The molecule has 2 amide bonds. The highest BCUT2D eigenvalue weighted by atomic mass is 35.5. The molecule has 1 aliphatic carbocycles. The second kappa shape index (κ2) is 10.1. The summed E-state index contributed by atoms with van der Waals surface area (Å²) >= 11 is 0. The minimum absolute atomic E-state index is 0. The maximum atomic E-state index is 13.1. The van der Waals surface area contributed by atoms with E-state index in [1.165, 1.54) is 6.42 Å². The van der Waals surface area contributed by atoms with E-state index in [9.17, 15) is 9.59 Å². The molecular weight excluding hydrogens is 411 g/mol. The zero-order valence-corrected chi connectivity index (χ0v) is 17.7. The summed E-state index contributed by atoms with van der Waals surface area (Å²) in [7, 11) is 0. The molecule has 156 valence electrons. The van der Waals surface area contributed by atoms with Crippen LogP contribution in [-0.4, -0.2) is 29.9 Å². The predicted molar refractivity (Wildman–Crippen MR) is 119 cm³/mol. The van der Waals surface area contributed by atoms with Crippen molar-refractivity contribution in [2.24, 2.45) is 11.3 Å². The highest BCUT2D eigenvalue weighted by Crippen LogP contribution is 2.44. The molecule has 6 nitrogen and oxygen atoms in total. The number of carbonyl (C=O) groups excluding carboxylic acids is 2. The van der Waals surface area contributed by atoms with Gasteiger partial charge in [-0.2, -0.15) is 0 Å². The zero-order valence-electron chi connectivity index (χ0n) is 16.0. The average Bonchev–Trinajstić information content (AvgIpc) is 3.14. The third-order valence-electron chi connectivity index (χ3n) is 5.81. The number of amides is 2. The number of rotatable bonds is 4. The van der Waals surface area contributed by atoms with E-state index >= 15 is 0 Å². The van der Waals surface area contributed by atoms with E-state index in [1.54, 1.807) is 42.7 Å². The molecule has 2 atom stereocenters. The van der Waals surface area contributed by atoms with Crippen LogP contribution >= 0.6 is 24.8 Å². The second-order valence-corrected chi connectivity index (χ2v) is 7.45. The number of pyridine rings is 1. The molecular formula is C21H26Cl2N4O2. The van der Waals surface area contributed by atoms with Crippen molar-refractivity contribution in [1.29, 1.82) is 0 Å². The number of nitrogens with zero attached hydrogens (tertiary/aromatic N) is 1. The van der Waals surface area contributed by atoms with E-state index in [-0.39, 0.29) is 42.0 Å². The van der Waals surface area contributed by atoms with E-state index in [0.29, 0.717) is 22.9 Å². The molecule has 0 unspecified atom stereocenters. The molecule has 0 radical (unpaired) electrons. The van der Waals surface area contributed by atoms with E-state index in [4.69, 9.17) is 0 Å². The number of aromatic nitrogens is 1. The highest BCUT2D eigenvalue weighted by molar-refractivity contribution is 6.05. The van der Waals surface area contributed by atoms with Gasteiger partial charge in [-0.3, -0.25) is 14.6 Å². The Balaban J connectivity index is 0.00000150. The molecule has 29 heavy (non-hydrogen) atoms. The standard InChI is InChI=1S/C21H24N4O2.2ClH/c26-19(24-17-7-10-22-11-8-17)15-4-3-6-18(12-15)25-20(27)21-9-2-1-5-16(21)13-23-14-21;;/h3-4,6-8,10-12,16,23H,1-2,5,9,13-14H2,(H,25,27)(H,22,24,26);2*1H/t16-,21+;;/m0../s1. The van der Waals surface area contributed by atoms with Crippen LogP contribution in [0.4, 0.5) is 11.4 Å². The largest absolute Gasteiger partial charge is 0.326 e. The average molecular weight is 437 g/mol. The van der Waals surface area contributed by atoms with Crippen LogP contribution in [0.3, 0.4) is 0 Å². The summed E-state index contributed by atoms with van der Waals surface area (Å²) in [5.41, 5.74) is 1.54. The van der Waals surface area contributed by atoms with Gasteiger partial charge in [0.1, 0.15) is 0 Å². The molecule has 0 bridgehead atoms. The zero-order chi connectivity index (χ0) is 18.7. The lowest BCUT2D eigenvalue weighted by molar-refractivity contribution is -0.128. The third-order valence-corrected chi connectivity index (χ3v) is 5.81. The van der Waals surface area contributed by atoms with Crippen molar-refractivity contribution in [1.82, 2.24) is 10.3 Å². The molecule has 0 spiro atoms. The summed E-state index contributed by atoms with van der Waals surface area (Å²) < 4.78 is 0. The van der Waals surface area contributed by atoms with E-state index in [0.717, 1.165) is 32.4 Å². The fourth-order valence-corrected chi connectivity index (χ4v) is 4.32. The second-order valence-electron chi connectivity index (χ2n) is 7.45. The summed E-state index contributed by atoms with van der Waals surface area (Å²) in [6.07, 6.45) is 7.59. The number of hydrogen-bond acceptors (Lipinski definition) is 4. The first kappa shape index (κ1) is 23.1. The lowest BCUT2D eigenvalue weighted by atomic mass is 9.67. The van der Waals surface area contributed by atoms with Gasteiger partial charge in [0.15, 0.2) is 0 Å². The van der Waals surface area contributed by atoms with Crippen molar-refractivity contribution in [2.75, 3.05) is 23.7 Å². The molecule has 2 aliphatic rings. The lowest BCUT2D eigenvalue weighted by Crippen LogP contribution is -2.44. The molecule has 1 saturated heterocycles. The van der Waals surface area contributed by atoms with Crippen LogP contribution in [0.25, 0.3) is 0 Å². The molecule has 2 aromatic rings. The maximum Gasteiger partial charge on any atom is 0.255 e. The summed E-state index contributed by atoms with van der Waals surface area (Å²) in [5, 5.41) is 9.30. The summed E-state index contributed by atoms with van der Waals surface area (Å²) in [4.78, 5) is 29.5. The lowest BCUT2D eigenvalue weighted by Gasteiger charge is -2.37. The molecule has 1 saturated carbocycles. The van der Waals surface area contributed by atoms with Crippen molar-refractivity contribution in [3.8, 4) is 0 Å². The van der Waals surface area contributed by atoms with Crippen LogP contribution in [0, 0.1) is 11.3 Å².